The van der Waals surface area contributed by atoms with Gasteiger partial charge in [-0.15, -0.1) is 0 Å². The highest BCUT2D eigenvalue weighted by atomic mass is 35.5. The zero-order valence-corrected chi connectivity index (χ0v) is 16.5. The fourth-order valence-electron chi connectivity index (χ4n) is 2.60. The van der Waals surface area contributed by atoms with E-state index in [-0.39, 0.29) is 22.7 Å². The van der Waals surface area contributed by atoms with Crippen molar-refractivity contribution in [1.82, 2.24) is 4.68 Å². The molecule has 0 aliphatic rings. The summed E-state index contributed by atoms with van der Waals surface area (Å²) in [5, 5.41) is 4.41. The van der Waals surface area contributed by atoms with Crippen molar-refractivity contribution in [2.75, 3.05) is 12.8 Å². The van der Waals surface area contributed by atoms with E-state index in [1.54, 1.807) is 55.5 Å². The monoisotopic (exact) mass is 411 g/mol. The molecule has 0 amide bonds. The smallest absolute Gasteiger partial charge is 0.345 e. The molecule has 0 unspecified atom stereocenters. The molecule has 0 aliphatic carbocycles. The molecule has 0 aliphatic heterocycles. The van der Waals surface area contributed by atoms with Gasteiger partial charge in [-0.25, -0.2) is 4.79 Å². The first-order chi connectivity index (χ1) is 13.9. The van der Waals surface area contributed by atoms with Crippen molar-refractivity contribution in [3.05, 3.63) is 86.7 Å². The van der Waals surface area contributed by atoms with E-state index in [4.69, 9.17) is 26.8 Å². The lowest BCUT2D eigenvalue weighted by molar-refractivity contribution is 0.0730. The third-order valence-corrected chi connectivity index (χ3v) is 4.32. The first-order valence-electron chi connectivity index (χ1n) is 8.57. The largest absolute Gasteiger partial charge is 0.493 e. The number of carbonyl (C=O) groups excluding carboxylic acids is 1. The van der Waals surface area contributed by atoms with Crippen LogP contribution in [0, 0.1) is 6.92 Å². The second kappa shape index (κ2) is 8.62. The molecule has 1 heterocycles. The Labute approximate surface area is 171 Å². The average Bonchev–Trinajstić information content (AvgIpc) is 2.68. The van der Waals surface area contributed by atoms with Crippen LogP contribution >= 0.6 is 11.6 Å². The van der Waals surface area contributed by atoms with Gasteiger partial charge in [-0.3, -0.25) is 4.79 Å². The zero-order chi connectivity index (χ0) is 21.0. The SMILES string of the molecule is COc1cc(/C=N\n2c(N)cc(C)cc2=O)ccc1OC(=O)c1ccccc1Cl. The van der Waals surface area contributed by atoms with E-state index in [0.717, 1.165) is 10.2 Å². The van der Waals surface area contributed by atoms with Crippen LogP contribution in [0.2, 0.25) is 5.02 Å². The highest BCUT2D eigenvalue weighted by Gasteiger charge is 2.15. The van der Waals surface area contributed by atoms with Crippen molar-refractivity contribution in [3.8, 4) is 11.5 Å². The van der Waals surface area contributed by atoms with Gasteiger partial charge in [-0.1, -0.05) is 23.7 Å². The molecular formula is C21H18ClN3O4. The number of hydrogen-bond donors (Lipinski definition) is 1. The van der Waals surface area contributed by atoms with Crippen molar-refractivity contribution in [2.45, 2.75) is 6.92 Å². The molecule has 3 rings (SSSR count). The number of nitrogens with zero attached hydrogens (tertiary/aromatic N) is 2. The Balaban J connectivity index is 1.85. The Kier molecular flexibility index (Phi) is 5.99. The van der Waals surface area contributed by atoms with E-state index in [0.29, 0.717) is 16.3 Å². The number of nitrogens with two attached hydrogens (primary N) is 1. The second-order valence-corrected chi connectivity index (χ2v) is 6.54. The third kappa shape index (κ3) is 4.64. The summed E-state index contributed by atoms with van der Waals surface area (Å²) in [5.74, 6) is 0.165. The number of ether oxygens (including phenoxy) is 2. The van der Waals surface area contributed by atoms with Crippen molar-refractivity contribution in [3.63, 3.8) is 0 Å². The number of nitrogen functional groups attached to an aromatic ring is 1. The van der Waals surface area contributed by atoms with Gasteiger partial charge in [-0.2, -0.15) is 9.78 Å². The molecule has 0 atom stereocenters. The summed E-state index contributed by atoms with van der Waals surface area (Å²) in [6, 6.07) is 14.5. The first kappa shape index (κ1) is 20.2. The van der Waals surface area contributed by atoms with E-state index in [1.807, 2.05) is 0 Å². The van der Waals surface area contributed by atoms with Crippen LogP contribution in [0.1, 0.15) is 21.5 Å². The standard InChI is InChI=1S/C21H18ClN3O4/c1-13-9-19(23)25(20(26)10-13)24-12-14-7-8-17(18(11-14)28-2)29-21(27)15-5-3-4-6-16(15)22/h3-12H,23H2,1-2H3/b24-12-. The third-order valence-electron chi connectivity index (χ3n) is 3.99. The summed E-state index contributed by atoms with van der Waals surface area (Å²) >= 11 is 6.03. The molecule has 0 radical (unpaired) electrons. The number of rotatable bonds is 5. The predicted molar refractivity (Wildman–Crippen MR) is 112 cm³/mol. The van der Waals surface area contributed by atoms with Crippen LogP contribution < -0.4 is 20.8 Å². The topological polar surface area (TPSA) is 95.9 Å². The number of pyridine rings is 1. The van der Waals surface area contributed by atoms with E-state index in [2.05, 4.69) is 5.10 Å². The molecule has 0 saturated carbocycles. The summed E-state index contributed by atoms with van der Waals surface area (Å²) in [5.41, 5.74) is 7.13. The Morgan fingerprint density at radius 3 is 2.59 bits per heavy atom. The van der Waals surface area contributed by atoms with Gasteiger partial charge >= 0.3 is 5.97 Å². The Morgan fingerprint density at radius 1 is 1.14 bits per heavy atom. The Morgan fingerprint density at radius 2 is 1.90 bits per heavy atom. The lowest BCUT2D eigenvalue weighted by Crippen LogP contribution is -2.19. The number of benzene rings is 2. The number of anilines is 1. The number of methoxy groups -OCH3 is 1. The van der Waals surface area contributed by atoms with Gasteiger partial charge in [0.1, 0.15) is 5.82 Å². The summed E-state index contributed by atoms with van der Waals surface area (Å²) in [6.07, 6.45) is 1.45. The normalized spacial score (nSPS) is 10.9. The first-order valence-corrected chi connectivity index (χ1v) is 8.95. The van der Waals surface area contributed by atoms with Crippen LogP contribution in [0.25, 0.3) is 0 Å². The Bertz CT molecular complexity index is 1150. The molecular weight excluding hydrogens is 394 g/mol. The lowest BCUT2D eigenvalue weighted by Gasteiger charge is -2.10. The number of carbonyl (C=O) groups is 1. The minimum absolute atomic E-state index is 0.224. The predicted octanol–water partition coefficient (Wildman–Crippen LogP) is 3.50. The number of hydrogen-bond acceptors (Lipinski definition) is 6. The van der Waals surface area contributed by atoms with Crippen LogP contribution in [-0.2, 0) is 0 Å². The maximum Gasteiger partial charge on any atom is 0.345 e. The summed E-state index contributed by atoms with van der Waals surface area (Å²) in [6.45, 7) is 1.78. The van der Waals surface area contributed by atoms with Crippen LogP contribution in [0.4, 0.5) is 5.82 Å². The zero-order valence-electron chi connectivity index (χ0n) is 15.8. The van der Waals surface area contributed by atoms with Crippen LogP contribution in [0.3, 0.4) is 0 Å². The maximum absolute atomic E-state index is 12.4. The lowest BCUT2D eigenvalue weighted by atomic mass is 10.2. The van der Waals surface area contributed by atoms with Gasteiger partial charge < -0.3 is 15.2 Å². The van der Waals surface area contributed by atoms with Crippen LogP contribution in [0.15, 0.2) is 64.5 Å². The summed E-state index contributed by atoms with van der Waals surface area (Å²) in [7, 11) is 1.45. The molecule has 1 aromatic heterocycles. The minimum atomic E-state index is -0.603. The van der Waals surface area contributed by atoms with Gasteiger partial charge in [0.25, 0.3) is 5.56 Å². The molecule has 7 nitrogen and oxygen atoms in total. The number of halogens is 1. The van der Waals surface area contributed by atoms with Crippen molar-refractivity contribution in [2.24, 2.45) is 5.10 Å². The Hall–Kier alpha value is -3.58. The van der Waals surface area contributed by atoms with Crippen molar-refractivity contribution < 1.29 is 14.3 Å². The van der Waals surface area contributed by atoms with E-state index < -0.39 is 5.97 Å². The average molecular weight is 412 g/mol. The summed E-state index contributed by atoms with van der Waals surface area (Å²) < 4.78 is 11.8. The minimum Gasteiger partial charge on any atom is -0.493 e. The number of esters is 1. The van der Waals surface area contributed by atoms with Crippen molar-refractivity contribution >= 4 is 29.6 Å². The van der Waals surface area contributed by atoms with Gasteiger partial charge in [0, 0.05) is 6.07 Å². The number of aryl methyl sites for hydroxylation is 1. The summed E-state index contributed by atoms with van der Waals surface area (Å²) in [4.78, 5) is 24.4. The molecule has 2 N–H and O–H groups in total. The highest BCUT2D eigenvalue weighted by Crippen LogP contribution is 2.29. The quantitative estimate of drug-likeness (QED) is 0.394. The molecule has 29 heavy (non-hydrogen) atoms. The molecule has 2 aromatic carbocycles. The molecule has 0 saturated heterocycles. The molecule has 0 bridgehead atoms. The fraction of sp³-hybridized carbons (Fsp3) is 0.0952. The van der Waals surface area contributed by atoms with E-state index >= 15 is 0 Å². The van der Waals surface area contributed by atoms with Crippen LogP contribution in [-0.4, -0.2) is 24.0 Å². The van der Waals surface area contributed by atoms with E-state index in [9.17, 15) is 9.59 Å². The van der Waals surface area contributed by atoms with Crippen LogP contribution in [0.5, 0.6) is 11.5 Å². The van der Waals surface area contributed by atoms with E-state index in [1.165, 1.54) is 19.4 Å². The van der Waals surface area contributed by atoms with Gasteiger partial charge in [0.05, 0.1) is 23.9 Å². The van der Waals surface area contributed by atoms with Gasteiger partial charge in [0.15, 0.2) is 11.5 Å². The van der Waals surface area contributed by atoms with Crippen molar-refractivity contribution in [1.29, 1.82) is 0 Å². The maximum atomic E-state index is 12.4. The molecule has 0 spiro atoms. The van der Waals surface area contributed by atoms with Gasteiger partial charge in [0.2, 0.25) is 0 Å². The highest BCUT2D eigenvalue weighted by molar-refractivity contribution is 6.33. The van der Waals surface area contributed by atoms with Gasteiger partial charge in [-0.05, 0) is 54.4 Å². The fourth-order valence-corrected chi connectivity index (χ4v) is 2.81. The molecule has 8 heteroatoms. The molecule has 148 valence electrons. The molecule has 0 fully saturated rings. The molecule has 3 aromatic rings. The second-order valence-electron chi connectivity index (χ2n) is 6.13. The number of aromatic nitrogens is 1.